The van der Waals surface area contributed by atoms with E-state index in [0.717, 1.165) is 38.5 Å². The van der Waals surface area contributed by atoms with Crippen molar-refractivity contribution in [2.45, 2.75) is 83.7 Å². The van der Waals surface area contributed by atoms with Crippen LogP contribution in [0.15, 0.2) is 0 Å². The molecule has 2 atom stereocenters. The second-order valence-corrected chi connectivity index (χ2v) is 5.78. The zero-order chi connectivity index (χ0) is 16.3. The lowest BCUT2D eigenvalue weighted by Gasteiger charge is -2.30. The SMILES string of the molecule is CCCCCCC(C(=O)O)C(O)(CCCCCC)C(=O)O. The highest BCUT2D eigenvalue weighted by molar-refractivity contribution is 5.85. The van der Waals surface area contributed by atoms with Gasteiger partial charge < -0.3 is 15.3 Å². The number of unbranched alkanes of at least 4 members (excludes halogenated alkanes) is 6. The Morgan fingerprint density at radius 2 is 1.43 bits per heavy atom. The second-order valence-electron chi connectivity index (χ2n) is 5.78. The lowest BCUT2D eigenvalue weighted by Crippen LogP contribution is -2.49. The molecule has 0 aliphatic heterocycles. The molecule has 0 aromatic rings. The molecule has 0 fully saturated rings. The van der Waals surface area contributed by atoms with Gasteiger partial charge in [-0.3, -0.25) is 4.79 Å². The summed E-state index contributed by atoms with van der Waals surface area (Å²) in [6.07, 6.45) is 7.06. The normalized spacial score (nSPS) is 15.4. The van der Waals surface area contributed by atoms with Crippen molar-refractivity contribution in [3.8, 4) is 0 Å². The van der Waals surface area contributed by atoms with Crippen molar-refractivity contribution in [2.75, 3.05) is 0 Å². The Bertz CT molecular complexity index is 316. The summed E-state index contributed by atoms with van der Waals surface area (Å²) in [6.45, 7) is 4.09. The van der Waals surface area contributed by atoms with Gasteiger partial charge >= 0.3 is 11.9 Å². The van der Waals surface area contributed by atoms with E-state index in [4.69, 9.17) is 0 Å². The first-order chi connectivity index (χ1) is 9.90. The van der Waals surface area contributed by atoms with Gasteiger partial charge in [-0.15, -0.1) is 0 Å². The van der Waals surface area contributed by atoms with E-state index in [0.29, 0.717) is 12.8 Å². The third kappa shape index (κ3) is 6.93. The summed E-state index contributed by atoms with van der Waals surface area (Å²) in [5, 5.41) is 29.0. The monoisotopic (exact) mass is 302 g/mol. The fourth-order valence-corrected chi connectivity index (χ4v) is 2.59. The zero-order valence-electron chi connectivity index (χ0n) is 13.3. The minimum Gasteiger partial charge on any atom is -0.481 e. The quantitative estimate of drug-likeness (QED) is 0.453. The van der Waals surface area contributed by atoms with Crippen molar-refractivity contribution in [3.05, 3.63) is 0 Å². The fraction of sp³-hybridized carbons (Fsp3) is 0.875. The average molecular weight is 302 g/mol. The molecule has 0 saturated heterocycles. The van der Waals surface area contributed by atoms with Crippen LogP contribution in [0.5, 0.6) is 0 Å². The minimum absolute atomic E-state index is 0.00702. The number of hydrogen-bond donors (Lipinski definition) is 3. The van der Waals surface area contributed by atoms with Gasteiger partial charge in [-0.25, -0.2) is 4.79 Å². The molecule has 0 bridgehead atoms. The Hall–Kier alpha value is -1.10. The molecular formula is C16H30O5. The lowest BCUT2D eigenvalue weighted by molar-refractivity contribution is -0.176. The summed E-state index contributed by atoms with van der Waals surface area (Å²) in [5.41, 5.74) is -2.15. The van der Waals surface area contributed by atoms with Gasteiger partial charge in [-0.2, -0.15) is 0 Å². The molecule has 5 heteroatoms. The Kier molecular flexibility index (Phi) is 10.0. The van der Waals surface area contributed by atoms with Crippen LogP contribution in [-0.2, 0) is 9.59 Å². The van der Waals surface area contributed by atoms with Gasteiger partial charge in [0.25, 0.3) is 0 Å². The first-order valence-electron chi connectivity index (χ1n) is 8.08. The summed E-state index contributed by atoms with van der Waals surface area (Å²) < 4.78 is 0. The number of carboxylic acids is 2. The fourth-order valence-electron chi connectivity index (χ4n) is 2.59. The number of aliphatic hydroxyl groups is 1. The van der Waals surface area contributed by atoms with Gasteiger partial charge in [0.2, 0.25) is 0 Å². The van der Waals surface area contributed by atoms with Crippen molar-refractivity contribution in [2.24, 2.45) is 5.92 Å². The Labute approximate surface area is 127 Å². The summed E-state index contributed by atoms with van der Waals surface area (Å²) in [7, 11) is 0. The number of aliphatic carboxylic acids is 2. The lowest BCUT2D eigenvalue weighted by atomic mass is 9.79. The number of rotatable bonds is 13. The summed E-state index contributed by atoms with van der Waals surface area (Å²) in [5.74, 6) is -3.86. The second kappa shape index (κ2) is 10.6. The predicted octanol–water partition coefficient (Wildman–Crippen LogP) is 3.44. The van der Waals surface area contributed by atoms with Crippen molar-refractivity contribution in [1.29, 1.82) is 0 Å². The van der Waals surface area contributed by atoms with E-state index in [1.165, 1.54) is 0 Å². The largest absolute Gasteiger partial charge is 0.481 e. The van der Waals surface area contributed by atoms with Crippen LogP contribution in [-0.4, -0.2) is 32.9 Å². The molecule has 124 valence electrons. The maximum absolute atomic E-state index is 11.4. The molecule has 0 amide bonds. The topological polar surface area (TPSA) is 94.8 Å². The molecule has 0 saturated carbocycles. The van der Waals surface area contributed by atoms with Crippen LogP contribution in [0, 0.1) is 5.92 Å². The van der Waals surface area contributed by atoms with E-state index < -0.39 is 23.5 Å². The van der Waals surface area contributed by atoms with Gasteiger partial charge in [0.15, 0.2) is 5.60 Å². The van der Waals surface area contributed by atoms with Gasteiger partial charge in [-0.05, 0) is 19.3 Å². The van der Waals surface area contributed by atoms with Crippen molar-refractivity contribution >= 4 is 11.9 Å². The number of carboxylic acid groups (broad SMARTS) is 2. The minimum atomic E-state index is -2.15. The van der Waals surface area contributed by atoms with Crippen molar-refractivity contribution in [1.82, 2.24) is 0 Å². The molecule has 0 heterocycles. The van der Waals surface area contributed by atoms with Gasteiger partial charge in [0, 0.05) is 0 Å². The van der Waals surface area contributed by atoms with Crippen LogP contribution < -0.4 is 0 Å². The standard InChI is InChI=1S/C16H30O5/c1-3-5-7-9-11-13(14(17)18)16(21,15(19)20)12-10-8-6-4-2/h13,21H,3-12H2,1-2H3,(H,17,18)(H,19,20). The molecule has 0 aliphatic carbocycles. The van der Waals surface area contributed by atoms with Gasteiger partial charge in [0.05, 0.1) is 5.92 Å². The van der Waals surface area contributed by atoms with E-state index in [1.54, 1.807) is 0 Å². The third-order valence-corrected chi connectivity index (χ3v) is 4.00. The maximum atomic E-state index is 11.4. The van der Waals surface area contributed by atoms with Crippen LogP contribution in [0.25, 0.3) is 0 Å². The van der Waals surface area contributed by atoms with Crippen LogP contribution in [0.2, 0.25) is 0 Å². The Morgan fingerprint density at radius 3 is 1.86 bits per heavy atom. The summed E-state index contributed by atoms with van der Waals surface area (Å²) >= 11 is 0. The number of hydrogen-bond acceptors (Lipinski definition) is 3. The van der Waals surface area contributed by atoms with E-state index in [1.807, 2.05) is 6.92 Å². The van der Waals surface area contributed by atoms with Crippen LogP contribution >= 0.6 is 0 Å². The van der Waals surface area contributed by atoms with E-state index in [2.05, 4.69) is 6.92 Å². The zero-order valence-corrected chi connectivity index (χ0v) is 13.3. The molecule has 0 aromatic carbocycles. The predicted molar refractivity (Wildman–Crippen MR) is 81.2 cm³/mol. The van der Waals surface area contributed by atoms with E-state index >= 15 is 0 Å². The number of carbonyl (C=O) groups is 2. The molecule has 0 rings (SSSR count). The average Bonchev–Trinajstić information content (AvgIpc) is 2.42. The summed E-state index contributed by atoms with van der Waals surface area (Å²) in [4.78, 5) is 22.8. The van der Waals surface area contributed by atoms with E-state index in [-0.39, 0.29) is 12.8 Å². The highest BCUT2D eigenvalue weighted by Crippen LogP contribution is 2.30. The van der Waals surface area contributed by atoms with Crippen LogP contribution in [0.4, 0.5) is 0 Å². The molecule has 0 aromatic heterocycles. The van der Waals surface area contributed by atoms with Gasteiger partial charge in [-0.1, -0.05) is 58.8 Å². The molecule has 3 N–H and O–H groups in total. The molecular weight excluding hydrogens is 272 g/mol. The highest BCUT2D eigenvalue weighted by Gasteiger charge is 2.47. The smallest absolute Gasteiger partial charge is 0.336 e. The molecule has 2 unspecified atom stereocenters. The van der Waals surface area contributed by atoms with Crippen molar-refractivity contribution in [3.63, 3.8) is 0 Å². The van der Waals surface area contributed by atoms with Crippen LogP contribution in [0.3, 0.4) is 0 Å². The molecule has 0 aliphatic rings. The Balaban J connectivity index is 4.72. The molecule has 0 radical (unpaired) electrons. The maximum Gasteiger partial charge on any atom is 0.336 e. The third-order valence-electron chi connectivity index (χ3n) is 4.00. The van der Waals surface area contributed by atoms with Crippen LogP contribution in [0.1, 0.15) is 78.1 Å². The molecule has 21 heavy (non-hydrogen) atoms. The summed E-state index contributed by atoms with van der Waals surface area (Å²) in [6, 6.07) is 0. The molecule has 0 spiro atoms. The highest BCUT2D eigenvalue weighted by atomic mass is 16.4. The Morgan fingerprint density at radius 1 is 0.905 bits per heavy atom. The first kappa shape index (κ1) is 19.9. The first-order valence-corrected chi connectivity index (χ1v) is 8.08. The van der Waals surface area contributed by atoms with Crippen molar-refractivity contribution < 1.29 is 24.9 Å². The molecule has 5 nitrogen and oxygen atoms in total. The van der Waals surface area contributed by atoms with E-state index in [9.17, 15) is 24.9 Å². The van der Waals surface area contributed by atoms with Gasteiger partial charge in [0.1, 0.15) is 0 Å².